The second-order valence-corrected chi connectivity index (χ2v) is 5.35. The van der Waals surface area contributed by atoms with Crippen molar-refractivity contribution in [2.45, 2.75) is 40.5 Å². The number of phenolic OH excluding ortho intramolecular Hbond substituents is 2. The third kappa shape index (κ3) is 2.51. The zero-order valence-corrected chi connectivity index (χ0v) is 12.6. The fourth-order valence-electron chi connectivity index (χ4n) is 2.66. The van der Waals surface area contributed by atoms with Crippen molar-refractivity contribution in [1.29, 1.82) is 0 Å². The number of aryl methyl sites for hydroxylation is 4. The topological polar surface area (TPSA) is 40.5 Å². The second-order valence-electron chi connectivity index (χ2n) is 5.35. The molecular formula is C18H22O2. The van der Waals surface area contributed by atoms with Crippen LogP contribution in [0.15, 0.2) is 24.3 Å². The van der Waals surface area contributed by atoms with E-state index in [4.69, 9.17) is 0 Å². The summed E-state index contributed by atoms with van der Waals surface area (Å²) in [6.07, 6.45) is 1.54. The van der Waals surface area contributed by atoms with Crippen LogP contribution in [0.25, 0.3) is 11.1 Å². The highest BCUT2D eigenvalue weighted by Crippen LogP contribution is 2.40. The average Bonchev–Trinajstić information content (AvgIpc) is 2.43. The van der Waals surface area contributed by atoms with Gasteiger partial charge in [-0.1, -0.05) is 26.0 Å². The monoisotopic (exact) mass is 270 g/mol. The lowest BCUT2D eigenvalue weighted by atomic mass is 9.93. The number of benzene rings is 2. The number of hydrogen-bond acceptors (Lipinski definition) is 2. The molecule has 0 fully saturated rings. The molecule has 2 N–H and O–H groups in total. The standard InChI is InChI=1S/C18H22O2/c1-5-13-7-11(3)9-15(17(13)19)16-10-12(4)8-14(6-2)18(16)20/h7-10,19-20H,5-6H2,1-4H3. The summed E-state index contributed by atoms with van der Waals surface area (Å²) in [7, 11) is 0. The second kappa shape index (κ2) is 5.58. The van der Waals surface area contributed by atoms with Gasteiger partial charge in [0, 0.05) is 11.1 Å². The lowest BCUT2D eigenvalue weighted by Gasteiger charge is -2.15. The number of aromatic hydroxyl groups is 2. The van der Waals surface area contributed by atoms with Gasteiger partial charge in [0.25, 0.3) is 0 Å². The van der Waals surface area contributed by atoms with E-state index in [1.807, 2.05) is 52.0 Å². The molecule has 0 aliphatic carbocycles. The summed E-state index contributed by atoms with van der Waals surface area (Å²) in [6.45, 7) is 8.06. The zero-order chi connectivity index (χ0) is 14.9. The van der Waals surface area contributed by atoms with Crippen LogP contribution in [-0.2, 0) is 12.8 Å². The Bertz CT molecular complexity index is 585. The Labute approximate surface area is 120 Å². The molecule has 0 aliphatic rings. The van der Waals surface area contributed by atoms with Gasteiger partial charge in [-0.25, -0.2) is 0 Å². The molecule has 20 heavy (non-hydrogen) atoms. The number of hydrogen-bond donors (Lipinski definition) is 2. The predicted octanol–water partition coefficient (Wildman–Crippen LogP) is 4.51. The van der Waals surface area contributed by atoms with Gasteiger partial charge in [0.15, 0.2) is 0 Å². The molecule has 106 valence electrons. The smallest absolute Gasteiger partial charge is 0.126 e. The van der Waals surface area contributed by atoms with E-state index < -0.39 is 0 Å². The Balaban J connectivity index is 2.74. The van der Waals surface area contributed by atoms with Crippen molar-refractivity contribution in [2.24, 2.45) is 0 Å². The van der Waals surface area contributed by atoms with Crippen LogP contribution in [0.2, 0.25) is 0 Å². The van der Waals surface area contributed by atoms with Gasteiger partial charge in [-0.3, -0.25) is 0 Å². The summed E-state index contributed by atoms with van der Waals surface area (Å²) < 4.78 is 0. The average molecular weight is 270 g/mol. The maximum Gasteiger partial charge on any atom is 0.126 e. The van der Waals surface area contributed by atoms with Crippen LogP contribution in [0.5, 0.6) is 11.5 Å². The normalized spacial score (nSPS) is 10.8. The molecule has 2 rings (SSSR count). The molecule has 0 heterocycles. The lowest BCUT2D eigenvalue weighted by molar-refractivity contribution is 0.462. The first-order valence-electron chi connectivity index (χ1n) is 7.13. The summed E-state index contributed by atoms with van der Waals surface area (Å²) in [6, 6.07) is 7.85. The molecule has 0 atom stereocenters. The lowest BCUT2D eigenvalue weighted by Crippen LogP contribution is -1.92. The third-order valence-corrected chi connectivity index (χ3v) is 3.72. The van der Waals surface area contributed by atoms with Crippen LogP contribution in [-0.4, -0.2) is 10.2 Å². The fourth-order valence-corrected chi connectivity index (χ4v) is 2.66. The van der Waals surface area contributed by atoms with Gasteiger partial charge in [-0.05, 0) is 61.1 Å². The van der Waals surface area contributed by atoms with Gasteiger partial charge in [0.2, 0.25) is 0 Å². The number of rotatable bonds is 3. The minimum Gasteiger partial charge on any atom is -0.507 e. The van der Waals surface area contributed by atoms with Gasteiger partial charge < -0.3 is 10.2 Å². The van der Waals surface area contributed by atoms with E-state index in [0.717, 1.165) is 46.2 Å². The van der Waals surface area contributed by atoms with Crippen LogP contribution in [0.4, 0.5) is 0 Å². The van der Waals surface area contributed by atoms with Crippen LogP contribution >= 0.6 is 0 Å². The minimum absolute atomic E-state index is 0.279. The molecule has 0 spiro atoms. The van der Waals surface area contributed by atoms with Crippen molar-refractivity contribution < 1.29 is 10.2 Å². The van der Waals surface area contributed by atoms with Gasteiger partial charge in [-0.2, -0.15) is 0 Å². The van der Waals surface area contributed by atoms with E-state index in [-0.39, 0.29) is 11.5 Å². The summed E-state index contributed by atoms with van der Waals surface area (Å²) in [5, 5.41) is 20.9. The molecule has 2 nitrogen and oxygen atoms in total. The Hall–Kier alpha value is -1.96. The quantitative estimate of drug-likeness (QED) is 0.861. The molecule has 0 aromatic heterocycles. The summed E-state index contributed by atoms with van der Waals surface area (Å²) in [5.74, 6) is 0.558. The molecule has 2 heteroatoms. The van der Waals surface area contributed by atoms with Crippen molar-refractivity contribution in [3.63, 3.8) is 0 Å². The predicted molar refractivity (Wildman–Crippen MR) is 83.4 cm³/mol. The van der Waals surface area contributed by atoms with Crippen LogP contribution in [0, 0.1) is 13.8 Å². The Morgan fingerprint density at radius 3 is 1.35 bits per heavy atom. The highest BCUT2D eigenvalue weighted by Gasteiger charge is 2.15. The van der Waals surface area contributed by atoms with Gasteiger partial charge in [0.05, 0.1) is 0 Å². The Morgan fingerprint density at radius 1 is 0.700 bits per heavy atom. The molecule has 0 unspecified atom stereocenters. The van der Waals surface area contributed by atoms with E-state index in [9.17, 15) is 10.2 Å². The molecular weight excluding hydrogens is 248 g/mol. The Kier molecular flexibility index (Phi) is 4.03. The molecule has 2 aromatic rings. The number of phenols is 2. The molecule has 0 saturated heterocycles. The SMILES string of the molecule is CCc1cc(C)cc(-c2cc(C)cc(CC)c2O)c1O. The highest BCUT2D eigenvalue weighted by molar-refractivity contribution is 5.79. The van der Waals surface area contributed by atoms with Crippen LogP contribution < -0.4 is 0 Å². The fraction of sp³-hybridized carbons (Fsp3) is 0.333. The molecule has 0 aliphatic heterocycles. The van der Waals surface area contributed by atoms with Crippen molar-refractivity contribution in [3.8, 4) is 22.6 Å². The van der Waals surface area contributed by atoms with Crippen molar-refractivity contribution in [2.75, 3.05) is 0 Å². The van der Waals surface area contributed by atoms with E-state index in [1.54, 1.807) is 0 Å². The summed E-state index contributed by atoms with van der Waals surface area (Å²) >= 11 is 0. The minimum atomic E-state index is 0.279. The van der Waals surface area contributed by atoms with E-state index in [2.05, 4.69) is 0 Å². The first-order valence-corrected chi connectivity index (χ1v) is 7.13. The largest absolute Gasteiger partial charge is 0.507 e. The third-order valence-electron chi connectivity index (χ3n) is 3.72. The van der Waals surface area contributed by atoms with Crippen molar-refractivity contribution in [1.82, 2.24) is 0 Å². The molecule has 0 bridgehead atoms. The van der Waals surface area contributed by atoms with Crippen LogP contribution in [0.3, 0.4) is 0 Å². The molecule has 0 amide bonds. The molecule has 0 radical (unpaired) electrons. The van der Waals surface area contributed by atoms with Crippen LogP contribution in [0.1, 0.15) is 36.1 Å². The summed E-state index contributed by atoms with van der Waals surface area (Å²) in [5.41, 5.74) is 5.45. The summed E-state index contributed by atoms with van der Waals surface area (Å²) in [4.78, 5) is 0. The molecule has 0 saturated carbocycles. The first kappa shape index (κ1) is 14.4. The van der Waals surface area contributed by atoms with Gasteiger partial charge >= 0.3 is 0 Å². The first-order chi connectivity index (χ1) is 9.47. The maximum atomic E-state index is 10.4. The van der Waals surface area contributed by atoms with E-state index in [1.165, 1.54) is 0 Å². The van der Waals surface area contributed by atoms with Gasteiger partial charge in [0.1, 0.15) is 11.5 Å². The van der Waals surface area contributed by atoms with E-state index >= 15 is 0 Å². The van der Waals surface area contributed by atoms with E-state index in [0.29, 0.717) is 0 Å². The highest BCUT2D eigenvalue weighted by atomic mass is 16.3. The zero-order valence-electron chi connectivity index (χ0n) is 12.6. The van der Waals surface area contributed by atoms with Gasteiger partial charge in [-0.15, -0.1) is 0 Å². The molecule has 2 aromatic carbocycles. The van der Waals surface area contributed by atoms with Crippen molar-refractivity contribution >= 4 is 0 Å². The Morgan fingerprint density at radius 2 is 1.05 bits per heavy atom. The van der Waals surface area contributed by atoms with Crippen molar-refractivity contribution in [3.05, 3.63) is 46.5 Å². The maximum absolute atomic E-state index is 10.4.